The van der Waals surface area contributed by atoms with Crippen LogP contribution in [0.25, 0.3) is 0 Å². The maximum Gasteiger partial charge on any atom is 0.136 e. The second-order valence-electron chi connectivity index (χ2n) is 5.14. The van der Waals surface area contributed by atoms with Crippen molar-refractivity contribution < 1.29 is 4.74 Å². The van der Waals surface area contributed by atoms with E-state index >= 15 is 0 Å². The number of hydrogen-bond acceptors (Lipinski definition) is 2. The van der Waals surface area contributed by atoms with Gasteiger partial charge in [0.05, 0.1) is 0 Å². The smallest absolute Gasteiger partial charge is 0.136 e. The maximum atomic E-state index is 6.01. The molecule has 0 aromatic heterocycles. The third-order valence-electron chi connectivity index (χ3n) is 3.48. The van der Waals surface area contributed by atoms with Gasteiger partial charge >= 0.3 is 0 Å². The largest absolute Gasteiger partial charge is 0.484 e. The third-order valence-corrected chi connectivity index (χ3v) is 4.01. The highest BCUT2D eigenvalue weighted by Gasteiger charge is 2.11. The van der Waals surface area contributed by atoms with Crippen LogP contribution in [0.4, 0.5) is 0 Å². The van der Waals surface area contributed by atoms with E-state index in [0.29, 0.717) is 6.54 Å². The quantitative estimate of drug-likeness (QED) is 0.775. The fourth-order valence-electron chi connectivity index (χ4n) is 2.21. The average molecular weight is 348 g/mol. The summed E-state index contributed by atoms with van der Waals surface area (Å²) in [5, 5.41) is 0. The summed E-state index contributed by atoms with van der Waals surface area (Å²) in [7, 11) is 0. The lowest BCUT2D eigenvalue weighted by Gasteiger charge is -2.18. The first kappa shape index (κ1) is 16.1. The van der Waals surface area contributed by atoms with Crippen molar-refractivity contribution in [2.75, 3.05) is 6.54 Å². The van der Waals surface area contributed by atoms with Crippen LogP contribution in [0.15, 0.2) is 53.0 Å². The normalized spacial score (nSPS) is 12.1. The zero-order valence-corrected chi connectivity index (χ0v) is 14.0. The summed E-state index contributed by atoms with van der Waals surface area (Å²) in [5.41, 5.74) is 8.30. The van der Waals surface area contributed by atoms with Gasteiger partial charge in [-0.2, -0.15) is 0 Å². The van der Waals surface area contributed by atoms with Crippen molar-refractivity contribution in [3.63, 3.8) is 0 Å². The van der Waals surface area contributed by atoms with Crippen LogP contribution in [0.2, 0.25) is 0 Å². The molecular formula is C18H22BrNO. The first-order valence-electron chi connectivity index (χ1n) is 7.44. The summed E-state index contributed by atoms with van der Waals surface area (Å²) in [4.78, 5) is 0. The number of hydrogen-bond donors (Lipinski definition) is 1. The highest BCUT2D eigenvalue weighted by Crippen LogP contribution is 2.23. The van der Waals surface area contributed by atoms with Gasteiger partial charge in [0.2, 0.25) is 0 Å². The molecule has 21 heavy (non-hydrogen) atoms. The average Bonchev–Trinajstić information content (AvgIpc) is 2.53. The molecule has 0 bridgehead atoms. The lowest BCUT2D eigenvalue weighted by molar-refractivity contribution is 0.214. The van der Waals surface area contributed by atoms with Crippen molar-refractivity contribution in [3.8, 4) is 5.75 Å². The Bertz CT molecular complexity index is 536. The van der Waals surface area contributed by atoms with Crippen molar-refractivity contribution in [1.82, 2.24) is 0 Å². The van der Waals surface area contributed by atoms with E-state index in [2.05, 4.69) is 35.0 Å². The number of nitrogens with two attached hydrogens (primary N) is 1. The van der Waals surface area contributed by atoms with Crippen molar-refractivity contribution in [2.45, 2.75) is 32.3 Å². The molecule has 2 nitrogen and oxygen atoms in total. The predicted molar refractivity (Wildman–Crippen MR) is 91.6 cm³/mol. The van der Waals surface area contributed by atoms with Crippen LogP contribution in [-0.2, 0) is 6.42 Å². The molecule has 1 unspecified atom stereocenters. The summed E-state index contributed by atoms with van der Waals surface area (Å²) >= 11 is 3.44. The van der Waals surface area contributed by atoms with E-state index in [0.717, 1.165) is 22.2 Å². The molecule has 0 amide bonds. The zero-order chi connectivity index (χ0) is 15.1. The van der Waals surface area contributed by atoms with Crippen LogP contribution in [0, 0.1) is 0 Å². The summed E-state index contributed by atoms with van der Waals surface area (Å²) in [6.07, 6.45) is 3.46. The van der Waals surface area contributed by atoms with E-state index in [1.165, 1.54) is 18.4 Å². The van der Waals surface area contributed by atoms with Crippen LogP contribution in [0.1, 0.15) is 37.0 Å². The Kier molecular flexibility index (Phi) is 6.27. The Morgan fingerprint density at radius 2 is 1.71 bits per heavy atom. The van der Waals surface area contributed by atoms with Gasteiger partial charge in [-0.15, -0.1) is 0 Å². The summed E-state index contributed by atoms with van der Waals surface area (Å²) in [5.74, 6) is 0.869. The van der Waals surface area contributed by atoms with Gasteiger partial charge in [0.25, 0.3) is 0 Å². The number of rotatable bonds is 7. The second-order valence-corrected chi connectivity index (χ2v) is 6.06. The minimum atomic E-state index is -0.111. The van der Waals surface area contributed by atoms with E-state index in [1.807, 2.05) is 36.4 Å². The highest BCUT2D eigenvalue weighted by atomic mass is 79.9. The lowest BCUT2D eigenvalue weighted by Crippen LogP contribution is -2.18. The van der Waals surface area contributed by atoms with Gasteiger partial charge in [0, 0.05) is 11.0 Å². The van der Waals surface area contributed by atoms with Gasteiger partial charge < -0.3 is 10.5 Å². The number of unbranched alkanes of at least 4 members (excludes halogenated alkanes) is 1. The van der Waals surface area contributed by atoms with E-state index < -0.39 is 0 Å². The van der Waals surface area contributed by atoms with Gasteiger partial charge in [0.15, 0.2) is 0 Å². The molecule has 112 valence electrons. The zero-order valence-electron chi connectivity index (χ0n) is 12.4. The van der Waals surface area contributed by atoms with E-state index in [1.54, 1.807) is 0 Å². The number of aryl methyl sites for hydroxylation is 1. The van der Waals surface area contributed by atoms with E-state index in [-0.39, 0.29) is 6.10 Å². The molecule has 0 spiro atoms. The molecule has 0 heterocycles. The standard InChI is InChI=1S/C18H22BrNO/c1-2-3-4-14-5-11-17(12-6-14)21-18(13-20)15-7-9-16(19)10-8-15/h5-12,18H,2-4,13,20H2,1H3. The van der Waals surface area contributed by atoms with Gasteiger partial charge in [0.1, 0.15) is 11.9 Å². The second kappa shape index (κ2) is 8.20. The van der Waals surface area contributed by atoms with Gasteiger partial charge in [-0.1, -0.05) is 53.5 Å². The molecule has 0 radical (unpaired) electrons. The minimum absolute atomic E-state index is 0.111. The SMILES string of the molecule is CCCCc1ccc(OC(CN)c2ccc(Br)cc2)cc1. The predicted octanol–water partition coefficient (Wildman–Crippen LogP) is 4.87. The minimum Gasteiger partial charge on any atom is -0.484 e. The molecule has 0 aliphatic carbocycles. The molecule has 0 aliphatic rings. The van der Waals surface area contributed by atoms with Crippen LogP contribution in [0.5, 0.6) is 5.75 Å². The Morgan fingerprint density at radius 3 is 2.29 bits per heavy atom. The molecule has 3 heteroatoms. The first-order valence-corrected chi connectivity index (χ1v) is 8.23. The Labute approximate surface area is 135 Å². The van der Waals surface area contributed by atoms with Crippen LogP contribution in [-0.4, -0.2) is 6.54 Å². The van der Waals surface area contributed by atoms with E-state index in [4.69, 9.17) is 10.5 Å². The van der Waals surface area contributed by atoms with Gasteiger partial charge in [-0.05, 0) is 48.2 Å². The Morgan fingerprint density at radius 1 is 1.05 bits per heavy atom. The van der Waals surface area contributed by atoms with Crippen molar-refractivity contribution in [1.29, 1.82) is 0 Å². The molecule has 0 saturated carbocycles. The molecule has 1 atom stereocenters. The first-order chi connectivity index (χ1) is 10.2. The number of benzene rings is 2. The maximum absolute atomic E-state index is 6.01. The van der Waals surface area contributed by atoms with Crippen LogP contribution in [0.3, 0.4) is 0 Å². The van der Waals surface area contributed by atoms with Crippen LogP contribution < -0.4 is 10.5 Å². The fourth-order valence-corrected chi connectivity index (χ4v) is 2.47. The molecule has 2 aromatic carbocycles. The molecule has 2 N–H and O–H groups in total. The molecule has 0 fully saturated rings. The van der Waals surface area contributed by atoms with Gasteiger partial charge in [-0.25, -0.2) is 0 Å². The summed E-state index contributed by atoms with van der Waals surface area (Å²) in [6.45, 7) is 2.67. The lowest BCUT2D eigenvalue weighted by atomic mass is 10.1. The highest BCUT2D eigenvalue weighted by molar-refractivity contribution is 9.10. The molecule has 0 saturated heterocycles. The van der Waals surface area contributed by atoms with E-state index in [9.17, 15) is 0 Å². The summed E-state index contributed by atoms with van der Waals surface area (Å²) < 4.78 is 7.07. The van der Waals surface area contributed by atoms with Crippen LogP contribution >= 0.6 is 15.9 Å². The Balaban J connectivity index is 2.02. The topological polar surface area (TPSA) is 35.2 Å². The van der Waals surface area contributed by atoms with Gasteiger partial charge in [-0.3, -0.25) is 0 Å². The van der Waals surface area contributed by atoms with Crippen molar-refractivity contribution in [3.05, 3.63) is 64.1 Å². The monoisotopic (exact) mass is 347 g/mol. The van der Waals surface area contributed by atoms with Crippen molar-refractivity contribution in [2.24, 2.45) is 5.73 Å². The third kappa shape index (κ3) is 4.87. The summed E-state index contributed by atoms with van der Waals surface area (Å²) in [6, 6.07) is 16.4. The number of ether oxygens (including phenoxy) is 1. The molecule has 2 rings (SSSR count). The number of halogens is 1. The molecular weight excluding hydrogens is 326 g/mol. The molecule has 2 aromatic rings. The fraction of sp³-hybridized carbons (Fsp3) is 0.333. The van der Waals surface area contributed by atoms with Crippen molar-refractivity contribution >= 4 is 15.9 Å². The molecule has 0 aliphatic heterocycles. The Hall–Kier alpha value is -1.32.